The van der Waals surface area contributed by atoms with E-state index in [2.05, 4.69) is 0 Å². The monoisotopic (exact) mass is 172 g/mol. The van der Waals surface area contributed by atoms with Gasteiger partial charge in [-0.25, -0.2) is 8.78 Å². The fraction of sp³-hybridized carbons (Fsp3) is 0.125. The van der Waals surface area contributed by atoms with Crippen LogP contribution in [0.1, 0.15) is 17.3 Å². The molecule has 0 radical (unpaired) electrons. The molecule has 0 saturated carbocycles. The second kappa shape index (κ2) is 2.89. The molecular formula is C8H6F2O2. The van der Waals surface area contributed by atoms with Crippen molar-refractivity contribution in [3.05, 3.63) is 29.3 Å². The van der Waals surface area contributed by atoms with E-state index in [0.29, 0.717) is 0 Å². The first kappa shape index (κ1) is 8.64. The van der Waals surface area contributed by atoms with Crippen molar-refractivity contribution in [2.75, 3.05) is 0 Å². The van der Waals surface area contributed by atoms with E-state index in [0.717, 1.165) is 19.1 Å². The highest BCUT2D eigenvalue weighted by Gasteiger charge is 2.16. The third-order valence-corrected chi connectivity index (χ3v) is 1.42. The van der Waals surface area contributed by atoms with Gasteiger partial charge in [0.05, 0.1) is 5.56 Å². The zero-order chi connectivity index (χ0) is 9.30. The van der Waals surface area contributed by atoms with Crippen LogP contribution >= 0.6 is 0 Å². The number of hydrogen-bond donors (Lipinski definition) is 1. The highest BCUT2D eigenvalue weighted by atomic mass is 19.2. The second-order valence-corrected chi connectivity index (χ2v) is 2.31. The SMILES string of the molecule is CC(=O)c1c(O)ccc(F)c1F. The van der Waals surface area contributed by atoms with Gasteiger partial charge in [-0.2, -0.15) is 0 Å². The molecule has 0 heterocycles. The molecule has 12 heavy (non-hydrogen) atoms. The van der Waals surface area contributed by atoms with Gasteiger partial charge < -0.3 is 5.11 Å². The molecule has 0 fully saturated rings. The predicted molar refractivity (Wildman–Crippen MR) is 38.0 cm³/mol. The summed E-state index contributed by atoms with van der Waals surface area (Å²) in [5, 5.41) is 8.96. The molecule has 0 aliphatic heterocycles. The van der Waals surface area contributed by atoms with E-state index in [1.165, 1.54) is 0 Å². The number of ketones is 1. The predicted octanol–water partition coefficient (Wildman–Crippen LogP) is 1.87. The van der Waals surface area contributed by atoms with Gasteiger partial charge in [-0.1, -0.05) is 0 Å². The smallest absolute Gasteiger partial charge is 0.173 e. The van der Waals surface area contributed by atoms with Gasteiger partial charge in [-0.3, -0.25) is 4.79 Å². The van der Waals surface area contributed by atoms with Crippen LogP contribution in [0.25, 0.3) is 0 Å². The van der Waals surface area contributed by atoms with Crippen LogP contribution in [-0.4, -0.2) is 10.9 Å². The second-order valence-electron chi connectivity index (χ2n) is 2.31. The number of phenols is 1. The third kappa shape index (κ3) is 1.28. The van der Waals surface area contributed by atoms with E-state index < -0.39 is 28.7 Å². The molecule has 1 N–H and O–H groups in total. The minimum absolute atomic E-state index is 0.540. The van der Waals surface area contributed by atoms with Gasteiger partial charge in [0.25, 0.3) is 0 Å². The Morgan fingerprint density at radius 3 is 2.42 bits per heavy atom. The van der Waals surface area contributed by atoms with E-state index in [-0.39, 0.29) is 0 Å². The fourth-order valence-electron chi connectivity index (χ4n) is 0.875. The van der Waals surface area contributed by atoms with Gasteiger partial charge in [-0.15, -0.1) is 0 Å². The first-order valence-corrected chi connectivity index (χ1v) is 3.22. The summed E-state index contributed by atoms with van der Waals surface area (Å²) in [6.45, 7) is 1.05. The summed E-state index contributed by atoms with van der Waals surface area (Å²) in [5.74, 6) is -3.69. The lowest BCUT2D eigenvalue weighted by Crippen LogP contribution is -2.00. The van der Waals surface area contributed by atoms with Crippen LogP contribution in [0.4, 0.5) is 8.78 Å². The fourth-order valence-corrected chi connectivity index (χ4v) is 0.875. The van der Waals surface area contributed by atoms with Crippen molar-refractivity contribution >= 4 is 5.78 Å². The summed E-state index contributed by atoms with van der Waals surface area (Å²) >= 11 is 0. The van der Waals surface area contributed by atoms with E-state index in [1.807, 2.05) is 0 Å². The minimum Gasteiger partial charge on any atom is -0.507 e. The van der Waals surface area contributed by atoms with Crippen molar-refractivity contribution in [3.8, 4) is 5.75 Å². The van der Waals surface area contributed by atoms with E-state index in [1.54, 1.807) is 0 Å². The molecular weight excluding hydrogens is 166 g/mol. The molecule has 0 aliphatic rings. The first-order valence-electron chi connectivity index (χ1n) is 3.22. The molecule has 0 spiro atoms. The Morgan fingerprint density at radius 2 is 2.00 bits per heavy atom. The van der Waals surface area contributed by atoms with Gasteiger partial charge in [0.15, 0.2) is 17.4 Å². The number of benzene rings is 1. The van der Waals surface area contributed by atoms with Crippen molar-refractivity contribution in [2.45, 2.75) is 6.92 Å². The highest BCUT2D eigenvalue weighted by Crippen LogP contribution is 2.22. The topological polar surface area (TPSA) is 37.3 Å². The van der Waals surface area contributed by atoms with Crippen LogP contribution in [0.3, 0.4) is 0 Å². The molecule has 0 atom stereocenters. The van der Waals surface area contributed by atoms with Crippen molar-refractivity contribution < 1.29 is 18.7 Å². The molecule has 2 nitrogen and oxygen atoms in total. The van der Waals surface area contributed by atoms with E-state index >= 15 is 0 Å². The molecule has 1 rings (SSSR count). The van der Waals surface area contributed by atoms with Crippen LogP contribution in [-0.2, 0) is 0 Å². The maximum Gasteiger partial charge on any atom is 0.173 e. The number of rotatable bonds is 1. The van der Waals surface area contributed by atoms with Crippen LogP contribution in [0.5, 0.6) is 5.75 Å². The zero-order valence-corrected chi connectivity index (χ0v) is 6.27. The quantitative estimate of drug-likeness (QED) is 0.656. The lowest BCUT2D eigenvalue weighted by atomic mass is 10.1. The zero-order valence-electron chi connectivity index (χ0n) is 6.27. The number of phenolic OH excluding ortho intramolecular Hbond substituents is 1. The Kier molecular flexibility index (Phi) is 2.08. The number of carbonyl (C=O) groups is 1. The summed E-state index contributed by atoms with van der Waals surface area (Å²) in [5.41, 5.74) is -0.602. The number of hydrogen-bond acceptors (Lipinski definition) is 2. The number of Topliss-reactive ketones (excluding diaryl/α,β-unsaturated/α-hetero) is 1. The number of halogens is 2. The Bertz CT molecular complexity index is 334. The highest BCUT2D eigenvalue weighted by molar-refractivity contribution is 5.96. The lowest BCUT2D eigenvalue weighted by molar-refractivity contribution is 0.101. The van der Waals surface area contributed by atoms with Crippen molar-refractivity contribution in [1.82, 2.24) is 0 Å². The maximum absolute atomic E-state index is 12.8. The maximum atomic E-state index is 12.8. The standard InChI is InChI=1S/C8H6F2O2/c1-4(11)7-6(12)3-2-5(9)8(7)10/h2-3,12H,1H3. The van der Waals surface area contributed by atoms with Crippen molar-refractivity contribution in [3.63, 3.8) is 0 Å². The number of aromatic hydroxyl groups is 1. The summed E-state index contributed by atoms with van der Waals surface area (Å²) < 4.78 is 25.2. The van der Waals surface area contributed by atoms with Gasteiger partial charge in [-0.05, 0) is 19.1 Å². The van der Waals surface area contributed by atoms with Gasteiger partial charge in [0.1, 0.15) is 5.75 Å². The van der Waals surface area contributed by atoms with Gasteiger partial charge in [0, 0.05) is 0 Å². The summed E-state index contributed by atoms with van der Waals surface area (Å²) in [7, 11) is 0. The molecule has 0 saturated heterocycles. The molecule has 64 valence electrons. The Balaban J connectivity index is 3.43. The first-order chi connectivity index (χ1) is 5.54. The van der Waals surface area contributed by atoms with Crippen molar-refractivity contribution in [2.24, 2.45) is 0 Å². The minimum atomic E-state index is -1.30. The van der Waals surface area contributed by atoms with Crippen molar-refractivity contribution in [1.29, 1.82) is 0 Å². The Morgan fingerprint density at radius 1 is 1.42 bits per heavy atom. The van der Waals surface area contributed by atoms with E-state index in [4.69, 9.17) is 5.11 Å². The van der Waals surface area contributed by atoms with Crippen LogP contribution in [0.15, 0.2) is 12.1 Å². The molecule has 4 heteroatoms. The largest absolute Gasteiger partial charge is 0.507 e. The molecule has 1 aromatic rings. The van der Waals surface area contributed by atoms with Crippen LogP contribution < -0.4 is 0 Å². The van der Waals surface area contributed by atoms with Gasteiger partial charge >= 0.3 is 0 Å². The average Bonchev–Trinajstić information content (AvgIpc) is 1.97. The molecule has 0 amide bonds. The summed E-state index contributed by atoms with van der Waals surface area (Å²) in [6.07, 6.45) is 0. The van der Waals surface area contributed by atoms with Crippen LogP contribution in [0, 0.1) is 11.6 Å². The Labute approximate surface area is 67.4 Å². The van der Waals surface area contributed by atoms with Crippen LogP contribution in [0.2, 0.25) is 0 Å². The molecule has 0 aliphatic carbocycles. The van der Waals surface area contributed by atoms with E-state index in [9.17, 15) is 13.6 Å². The lowest BCUT2D eigenvalue weighted by Gasteiger charge is -2.01. The molecule has 0 aromatic heterocycles. The normalized spacial score (nSPS) is 9.92. The number of carbonyl (C=O) groups excluding carboxylic acids is 1. The third-order valence-electron chi connectivity index (χ3n) is 1.42. The Hall–Kier alpha value is -1.45. The molecule has 1 aromatic carbocycles. The average molecular weight is 172 g/mol. The van der Waals surface area contributed by atoms with Gasteiger partial charge in [0.2, 0.25) is 0 Å². The molecule has 0 bridgehead atoms. The summed E-state index contributed by atoms with van der Waals surface area (Å²) in [4.78, 5) is 10.7. The summed E-state index contributed by atoms with van der Waals surface area (Å²) in [6, 6.07) is 1.70. The molecule has 0 unspecified atom stereocenters.